The molecular formula is C16H17N3S2. The van der Waals surface area contributed by atoms with Gasteiger partial charge in [-0.25, -0.2) is 0 Å². The molecule has 2 rings (SSSR count). The van der Waals surface area contributed by atoms with E-state index < -0.39 is 0 Å². The highest BCUT2D eigenvalue weighted by Crippen LogP contribution is 2.28. The summed E-state index contributed by atoms with van der Waals surface area (Å²) in [4.78, 5) is 6.58. The molecule has 0 aromatic heterocycles. The number of para-hydroxylation sites is 2. The van der Waals surface area contributed by atoms with Crippen molar-refractivity contribution >= 4 is 45.6 Å². The summed E-state index contributed by atoms with van der Waals surface area (Å²) in [6.07, 6.45) is 2.00. The van der Waals surface area contributed by atoms with Crippen molar-refractivity contribution < 1.29 is 0 Å². The average molecular weight is 315 g/mol. The first kappa shape index (κ1) is 15.5. The third kappa shape index (κ3) is 4.06. The lowest BCUT2D eigenvalue weighted by Crippen LogP contribution is -2.26. The SMILES string of the molecule is CNC(=S)/N=C(\SC)N(c1ccccc1)c1ccccc1. The Bertz CT molecular complexity index is 572. The summed E-state index contributed by atoms with van der Waals surface area (Å²) in [6.45, 7) is 0. The lowest BCUT2D eigenvalue weighted by atomic mass is 10.2. The van der Waals surface area contributed by atoms with Crippen LogP contribution in [0, 0.1) is 0 Å². The van der Waals surface area contributed by atoms with Crippen molar-refractivity contribution in [2.75, 3.05) is 18.2 Å². The summed E-state index contributed by atoms with van der Waals surface area (Å²) in [5.41, 5.74) is 2.10. The van der Waals surface area contributed by atoms with Crippen LogP contribution in [0.2, 0.25) is 0 Å². The average Bonchev–Trinajstić information content (AvgIpc) is 2.56. The van der Waals surface area contributed by atoms with Gasteiger partial charge in [0, 0.05) is 18.4 Å². The number of thiocarbonyl (C=S) groups is 1. The second-order valence-electron chi connectivity index (χ2n) is 4.16. The molecule has 0 radical (unpaired) electrons. The highest BCUT2D eigenvalue weighted by atomic mass is 32.2. The Morgan fingerprint density at radius 2 is 1.48 bits per heavy atom. The van der Waals surface area contributed by atoms with Crippen LogP contribution in [-0.4, -0.2) is 23.6 Å². The van der Waals surface area contributed by atoms with Crippen LogP contribution in [0.4, 0.5) is 11.4 Å². The summed E-state index contributed by atoms with van der Waals surface area (Å²) < 4.78 is 0. The predicted molar refractivity (Wildman–Crippen MR) is 97.6 cm³/mol. The maximum Gasteiger partial charge on any atom is 0.194 e. The van der Waals surface area contributed by atoms with Crippen LogP contribution in [0.3, 0.4) is 0 Å². The van der Waals surface area contributed by atoms with Crippen LogP contribution in [0.1, 0.15) is 0 Å². The Balaban J connectivity index is 2.50. The largest absolute Gasteiger partial charge is 0.364 e. The molecule has 0 atom stereocenters. The number of nitrogens with zero attached hydrogens (tertiary/aromatic N) is 2. The van der Waals surface area contributed by atoms with Crippen molar-refractivity contribution in [3.8, 4) is 0 Å². The molecular weight excluding hydrogens is 298 g/mol. The molecule has 2 aromatic rings. The highest BCUT2D eigenvalue weighted by Gasteiger charge is 2.15. The molecule has 1 N–H and O–H groups in total. The van der Waals surface area contributed by atoms with Gasteiger partial charge in [-0.2, -0.15) is 4.99 Å². The number of hydrogen-bond donors (Lipinski definition) is 1. The lowest BCUT2D eigenvalue weighted by molar-refractivity contribution is 1.18. The Hall–Kier alpha value is -1.85. The number of anilines is 2. The Labute approximate surface area is 135 Å². The van der Waals surface area contributed by atoms with Crippen molar-refractivity contribution in [3.05, 3.63) is 60.7 Å². The van der Waals surface area contributed by atoms with Crippen molar-refractivity contribution in [1.29, 1.82) is 0 Å². The fourth-order valence-corrected chi connectivity index (χ4v) is 2.57. The van der Waals surface area contributed by atoms with Gasteiger partial charge < -0.3 is 5.32 Å². The number of hydrogen-bond acceptors (Lipinski definition) is 2. The van der Waals surface area contributed by atoms with E-state index in [1.165, 1.54) is 0 Å². The number of thioether (sulfide) groups is 1. The minimum absolute atomic E-state index is 0.469. The maximum absolute atomic E-state index is 5.18. The Kier molecular flexibility index (Phi) is 5.78. The van der Waals surface area contributed by atoms with Gasteiger partial charge in [0.1, 0.15) is 0 Å². The number of rotatable bonds is 2. The van der Waals surface area contributed by atoms with E-state index in [9.17, 15) is 0 Å². The zero-order valence-electron chi connectivity index (χ0n) is 12.0. The summed E-state index contributed by atoms with van der Waals surface area (Å²) in [6, 6.07) is 20.3. The van der Waals surface area contributed by atoms with Crippen LogP contribution in [0.15, 0.2) is 65.7 Å². The maximum atomic E-state index is 5.18. The molecule has 0 unspecified atom stereocenters. The Morgan fingerprint density at radius 1 is 1.00 bits per heavy atom. The van der Waals surface area contributed by atoms with Gasteiger partial charge in [0.2, 0.25) is 0 Å². The van der Waals surface area contributed by atoms with Gasteiger partial charge in [-0.3, -0.25) is 4.90 Å². The fourth-order valence-electron chi connectivity index (χ4n) is 1.85. The summed E-state index contributed by atoms with van der Waals surface area (Å²) >= 11 is 6.74. The molecule has 21 heavy (non-hydrogen) atoms. The number of nitrogens with one attached hydrogen (secondary N) is 1. The molecule has 0 aliphatic carbocycles. The van der Waals surface area contributed by atoms with E-state index in [4.69, 9.17) is 12.2 Å². The van der Waals surface area contributed by atoms with Gasteiger partial charge in [0.25, 0.3) is 0 Å². The smallest absolute Gasteiger partial charge is 0.194 e. The van der Waals surface area contributed by atoms with Gasteiger partial charge in [-0.15, -0.1) is 0 Å². The van der Waals surface area contributed by atoms with E-state index in [0.717, 1.165) is 16.5 Å². The molecule has 5 heteroatoms. The van der Waals surface area contributed by atoms with E-state index in [-0.39, 0.29) is 0 Å². The monoisotopic (exact) mass is 315 g/mol. The second kappa shape index (κ2) is 7.81. The second-order valence-corrected chi connectivity index (χ2v) is 5.32. The summed E-state index contributed by atoms with van der Waals surface area (Å²) in [5.74, 6) is 0. The lowest BCUT2D eigenvalue weighted by Gasteiger charge is -2.25. The number of amidine groups is 1. The van der Waals surface area contributed by atoms with Gasteiger partial charge in [0.15, 0.2) is 10.3 Å². The topological polar surface area (TPSA) is 27.6 Å². The molecule has 0 fully saturated rings. The fraction of sp³-hybridized carbons (Fsp3) is 0.125. The van der Waals surface area contributed by atoms with E-state index in [1.54, 1.807) is 18.8 Å². The molecule has 0 bridgehead atoms. The van der Waals surface area contributed by atoms with Crippen LogP contribution in [0.5, 0.6) is 0 Å². The molecule has 108 valence electrons. The standard InChI is InChI=1S/C16H17N3S2/c1-17-15(20)18-16(21-2)19(13-9-5-3-6-10-13)14-11-7-4-8-12-14/h3-12H,1-2H3,(H,17,20)/b18-16-. The third-order valence-corrected chi connectivity index (χ3v) is 3.75. The van der Waals surface area contributed by atoms with E-state index in [2.05, 4.69) is 39.5 Å². The van der Waals surface area contributed by atoms with Crippen molar-refractivity contribution in [1.82, 2.24) is 5.32 Å². The van der Waals surface area contributed by atoms with Crippen molar-refractivity contribution in [3.63, 3.8) is 0 Å². The van der Waals surface area contributed by atoms with E-state index in [0.29, 0.717) is 5.11 Å². The van der Waals surface area contributed by atoms with E-state index >= 15 is 0 Å². The van der Waals surface area contributed by atoms with Crippen molar-refractivity contribution in [2.45, 2.75) is 0 Å². The van der Waals surface area contributed by atoms with Crippen molar-refractivity contribution in [2.24, 2.45) is 4.99 Å². The van der Waals surface area contributed by atoms with Gasteiger partial charge in [0.05, 0.1) is 0 Å². The minimum atomic E-state index is 0.469. The predicted octanol–water partition coefficient (Wildman–Crippen LogP) is 4.05. The molecule has 0 aliphatic heterocycles. The molecule has 0 heterocycles. The first-order valence-electron chi connectivity index (χ1n) is 6.51. The zero-order valence-corrected chi connectivity index (χ0v) is 13.6. The first-order chi connectivity index (χ1) is 10.3. The quantitative estimate of drug-likeness (QED) is 0.514. The van der Waals surface area contributed by atoms with Crippen LogP contribution in [-0.2, 0) is 0 Å². The van der Waals surface area contributed by atoms with E-state index in [1.807, 2.05) is 42.7 Å². The Morgan fingerprint density at radius 3 is 1.86 bits per heavy atom. The molecule has 0 spiro atoms. The normalized spacial score (nSPS) is 11.0. The zero-order chi connectivity index (χ0) is 15.1. The van der Waals surface area contributed by atoms with Gasteiger partial charge in [-0.05, 0) is 42.7 Å². The molecule has 0 saturated carbocycles. The molecule has 3 nitrogen and oxygen atoms in total. The molecule has 0 saturated heterocycles. The highest BCUT2D eigenvalue weighted by molar-refractivity contribution is 8.13. The summed E-state index contributed by atoms with van der Waals surface area (Å²) in [5, 5.41) is 4.19. The van der Waals surface area contributed by atoms with Gasteiger partial charge >= 0.3 is 0 Å². The molecule has 0 amide bonds. The van der Waals surface area contributed by atoms with Gasteiger partial charge in [-0.1, -0.05) is 48.2 Å². The number of aliphatic imine (C=N–C) groups is 1. The van der Waals surface area contributed by atoms with Crippen LogP contribution >= 0.6 is 24.0 Å². The molecule has 2 aromatic carbocycles. The number of benzene rings is 2. The first-order valence-corrected chi connectivity index (χ1v) is 8.14. The third-order valence-electron chi connectivity index (χ3n) is 2.81. The minimum Gasteiger partial charge on any atom is -0.364 e. The van der Waals surface area contributed by atoms with Crippen LogP contribution in [0.25, 0.3) is 0 Å². The molecule has 0 aliphatic rings. The van der Waals surface area contributed by atoms with Crippen LogP contribution < -0.4 is 10.2 Å². The summed E-state index contributed by atoms with van der Waals surface area (Å²) in [7, 11) is 1.78.